The smallest absolute Gasteiger partial charge is 0.317 e. The zero-order valence-corrected chi connectivity index (χ0v) is 12.2. The Kier molecular flexibility index (Phi) is 3.39. The fraction of sp³-hybridized carbons (Fsp3) is 0.462. The molecule has 2 heterocycles. The van der Waals surface area contributed by atoms with Gasteiger partial charge in [0.25, 0.3) is 5.67 Å². The summed E-state index contributed by atoms with van der Waals surface area (Å²) in [5.41, 5.74) is -4.05. The molecule has 4 nitrogen and oxygen atoms in total. The predicted molar refractivity (Wildman–Crippen MR) is 70.2 cm³/mol. The first-order valence-corrected chi connectivity index (χ1v) is 6.89. The van der Waals surface area contributed by atoms with E-state index in [9.17, 15) is 13.2 Å². The SMILES string of the molecule is Cn1cnnc1C(F)(c1cc(Cl)nc(C2CC2)c1)C(F)(F)F. The minimum atomic E-state index is -5.21. The molecule has 0 N–H and O–H groups in total. The van der Waals surface area contributed by atoms with Crippen molar-refractivity contribution in [1.82, 2.24) is 19.7 Å². The van der Waals surface area contributed by atoms with Crippen LogP contribution in [0.5, 0.6) is 0 Å². The normalized spacial score (nSPS) is 18.3. The molecule has 1 fully saturated rings. The molecule has 3 rings (SSSR count). The quantitative estimate of drug-likeness (QED) is 0.637. The highest BCUT2D eigenvalue weighted by molar-refractivity contribution is 6.29. The molecule has 0 spiro atoms. The zero-order chi connectivity index (χ0) is 16.1. The second kappa shape index (κ2) is 4.91. The molecule has 1 aliphatic carbocycles. The molecular weight excluding hydrogens is 324 g/mol. The number of nitrogens with zero attached hydrogens (tertiary/aromatic N) is 4. The third-order valence-electron chi connectivity index (χ3n) is 3.62. The average Bonchev–Trinajstić information content (AvgIpc) is 3.18. The van der Waals surface area contributed by atoms with E-state index in [2.05, 4.69) is 15.2 Å². The van der Waals surface area contributed by atoms with Crippen molar-refractivity contribution in [3.8, 4) is 0 Å². The lowest BCUT2D eigenvalue weighted by molar-refractivity contribution is -0.222. The molecule has 2 aromatic heterocycles. The number of hydrogen-bond donors (Lipinski definition) is 0. The van der Waals surface area contributed by atoms with Crippen molar-refractivity contribution in [2.45, 2.75) is 30.6 Å². The van der Waals surface area contributed by atoms with E-state index < -0.39 is 23.2 Å². The maximum Gasteiger partial charge on any atom is 0.434 e. The standard InChI is InChI=1S/C13H11ClF4N4/c1-22-6-19-21-11(22)12(15,13(16,17)18)8-4-9(7-2-3-7)20-10(14)5-8/h4-7H,2-3H2,1H3. The lowest BCUT2D eigenvalue weighted by Crippen LogP contribution is -2.41. The first-order valence-electron chi connectivity index (χ1n) is 6.51. The summed E-state index contributed by atoms with van der Waals surface area (Å²) in [5, 5.41) is 6.48. The number of rotatable bonds is 3. The van der Waals surface area contributed by atoms with Gasteiger partial charge in [-0.1, -0.05) is 11.6 Å². The molecule has 22 heavy (non-hydrogen) atoms. The number of aryl methyl sites for hydroxylation is 1. The Bertz CT molecular complexity index is 710. The van der Waals surface area contributed by atoms with Gasteiger partial charge in [-0.25, -0.2) is 9.37 Å². The maximum absolute atomic E-state index is 15.2. The van der Waals surface area contributed by atoms with Crippen LogP contribution in [0.15, 0.2) is 18.5 Å². The summed E-state index contributed by atoms with van der Waals surface area (Å²) in [6.45, 7) is 0. The van der Waals surface area contributed by atoms with Crippen molar-refractivity contribution >= 4 is 11.6 Å². The van der Waals surface area contributed by atoms with E-state index in [-0.39, 0.29) is 11.1 Å². The minimum absolute atomic E-state index is 0.0365. The van der Waals surface area contributed by atoms with Crippen LogP contribution < -0.4 is 0 Å². The van der Waals surface area contributed by atoms with E-state index in [1.165, 1.54) is 7.05 Å². The van der Waals surface area contributed by atoms with E-state index >= 15 is 4.39 Å². The number of hydrogen-bond acceptors (Lipinski definition) is 3. The van der Waals surface area contributed by atoms with Crippen LogP contribution in [0.4, 0.5) is 17.6 Å². The average molecular weight is 335 g/mol. The van der Waals surface area contributed by atoms with Gasteiger partial charge in [-0.3, -0.25) is 0 Å². The molecule has 2 aromatic rings. The van der Waals surface area contributed by atoms with Crippen molar-refractivity contribution < 1.29 is 17.6 Å². The van der Waals surface area contributed by atoms with Crippen molar-refractivity contribution in [3.63, 3.8) is 0 Å². The molecule has 118 valence electrons. The van der Waals surface area contributed by atoms with E-state index in [4.69, 9.17) is 11.6 Å². The molecule has 1 atom stereocenters. The summed E-state index contributed by atoms with van der Waals surface area (Å²) in [6.07, 6.45) is -2.58. The summed E-state index contributed by atoms with van der Waals surface area (Å²) >= 11 is 5.79. The van der Waals surface area contributed by atoms with E-state index in [1.54, 1.807) is 0 Å². The number of halogens is 5. The molecule has 0 aliphatic heterocycles. The van der Waals surface area contributed by atoms with Crippen LogP contribution in [-0.4, -0.2) is 25.9 Å². The lowest BCUT2D eigenvalue weighted by atomic mass is 9.93. The monoisotopic (exact) mass is 334 g/mol. The van der Waals surface area contributed by atoms with Gasteiger partial charge in [0.15, 0.2) is 5.82 Å². The Balaban J connectivity index is 2.21. The van der Waals surface area contributed by atoms with Crippen molar-refractivity contribution in [1.29, 1.82) is 0 Å². The number of alkyl halides is 4. The lowest BCUT2D eigenvalue weighted by Gasteiger charge is -2.27. The Morgan fingerprint density at radius 2 is 1.91 bits per heavy atom. The van der Waals surface area contributed by atoms with Gasteiger partial charge in [0.2, 0.25) is 0 Å². The van der Waals surface area contributed by atoms with Gasteiger partial charge in [-0.2, -0.15) is 13.2 Å². The molecule has 0 radical (unpaired) electrons. The van der Waals surface area contributed by atoms with Gasteiger partial charge in [-0.15, -0.1) is 10.2 Å². The molecule has 1 saturated carbocycles. The fourth-order valence-electron chi connectivity index (χ4n) is 2.32. The highest BCUT2D eigenvalue weighted by atomic mass is 35.5. The molecule has 0 aromatic carbocycles. The highest BCUT2D eigenvalue weighted by Crippen LogP contribution is 2.48. The molecule has 9 heteroatoms. The minimum Gasteiger partial charge on any atom is -0.317 e. The van der Waals surface area contributed by atoms with Gasteiger partial charge in [0.1, 0.15) is 11.5 Å². The van der Waals surface area contributed by atoms with E-state index in [0.29, 0.717) is 5.69 Å². The number of pyridine rings is 1. The van der Waals surface area contributed by atoms with Crippen LogP contribution in [0.3, 0.4) is 0 Å². The fourth-order valence-corrected chi connectivity index (χ4v) is 2.53. The first-order chi connectivity index (χ1) is 10.2. The Morgan fingerprint density at radius 3 is 2.41 bits per heavy atom. The van der Waals surface area contributed by atoms with Crippen LogP contribution in [0.2, 0.25) is 5.15 Å². The molecule has 0 saturated heterocycles. The van der Waals surface area contributed by atoms with Gasteiger partial charge in [0.05, 0.1) is 0 Å². The predicted octanol–water partition coefficient (Wildman–Crippen LogP) is 3.52. The van der Waals surface area contributed by atoms with Crippen molar-refractivity contribution in [3.05, 3.63) is 40.7 Å². The summed E-state index contributed by atoms with van der Waals surface area (Å²) in [4.78, 5) is 3.98. The molecule has 0 bridgehead atoms. The second-order valence-corrected chi connectivity index (χ2v) is 5.69. The largest absolute Gasteiger partial charge is 0.434 e. The van der Waals surface area contributed by atoms with Gasteiger partial charge in [0, 0.05) is 24.2 Å². The van der Waals surface area contributed by atoms with Crippen LogP contribution in [0.25, 0.3) is 0 Å². The van der Waals surface area contributed by atoms with Crippen LogP contribution in [-0.2, 0) is 12.7 Å². The molecule has 1 aliphatic rings. The highest BCUT2D eigenvalue weighted by Gasteiger charge is 2.62. The Labute approximate surface area is 128 Å². The third-order valence-corrected chi connectivity index (χ3v) is 3.81. The molecular formula is C13H11ClF4N4. The van der Waals surface area contributed by atoms with E-state index in [1.807, 2.05) is 0 Å². The number of aromatic nitrogens is 4. The summed E-state index contributed by atoms with van der Waals surface area (Å²) < 4.78 is 56.5. The summed E-state index contributed by atoms with van der Waals surface area (Å²) in [7, 11) is 1.25. The van der Waals surface area contributed by atoms with Crippen LogP contribution in [0.1, 0.15) is 35.8 Å². The Morgan fingerprint density at radius 1 is 1.23 bits per heavy atom. The van der Waals surface area contributed by atoms with Gasteiger partial charge < -0.3 is 4.57 Å². The third kappa shape index (κ3) is 2.35. The van der Waals surface area contributed by atoms with Crippen molar-refractivity contribution in [2.24, 2.45) is 7.05 Å². The summed E-state index contributed by atoms with van der Waals surface area (Å²) in [6, 6.07) is 2.00. The van der Waals surface area contributed by atoms with Gasteiger partial charge >= 0.3 is 6.18 Å². The van der Waals surface area contributed by atoms with Gasteiger partial charge in [-0.05, 0) is 25.0 Å². The maximum atomic E-state index is 15.2. The molecule has 1 unspecified atom stereocenters. The summed E-state index contributed by atoms with van der Waals surface area (Å²) in [5.74, 6) is -0.807. The molecule has 0 amide bonds. The van der Waals surface area contributed by atoms with Crippen LogP contribution >= 0.6 is 11.6 Å². The Hall–Kier alpha value is -1.70. The first kappa shape index (κ1) is 15.2. The van der Waals surface area contributed by atoms with E-state index in [0.717, 1.165) is 35.9 Å². The van der Waals surface area contributed by atoms with Crippen LogP contribution in [0, 0.1) is 0 Å². The second-order valence-electron chi connectivity index (χ2n) is 5.30. The topological polar surface area (TPSA) is 43.6 Å². The zero-order valence-electron chi connectivity index (χ0n) is 11.4. The van der Waals surface area contributed by atoms with Crippen molar-refractivity contribution in [2.75, 3.05) is 0 Å².